The summed E-state index contributed by atoms with van der Waals surface area (Å²) in [7, 11) is 3.60. The third kappa shape index (κ3) is 3.09. The maximum Gasteiger partial charge on any atom is 0.233 e. The molecule has 1 aliphatic rings. The molecular formula is C18H21N5O2S. The summed E-state index contributed by atoms with van der Waals surface area (Å²) in [5.74, 6) is 1.28. The largest absolute Gasteiger partial charge is 0.497 e. The number of rotatable bonds is 4. The molecule has 4 rings (SSSR count). The number of nitrogens with zero attached hydrogens (tertiary/aromatic N) is 5. The SMILES string of the molecule is COc1ccc2c(c1)c1nnc(SCC(=O)N3CCCCC3)nc1n2C. The van der Waals surface area contributed by atoms with Crippen molar-refractivity contribution in [3.8, 4) is 5.75 Å². The topological polar surface area (TPSA) is 73.1 Å². The fourth-order valence-electron chi connectivity index (χ4n) is 3.37. The fourth-order valence-corrected chi connectivity index (χ4v) is 4.06. The van der Waals surface area contributed by atoms with Gasteiger partial charge in [-0.2, -0.15) is 0 Å². The molecule has 7 nitrogen and oxygen atoms in total. The molecular weight excluding hydrogens is 350 g/mol. The summed E-state index contributed by atoms with van der Waals surface area (Å²) in [4.78, 5) is 18.9. The predicted octanol–water partition coefficient (Wildman–Crippen LogP) is 2.63. The van der Waals surface area contributed by atoms with Gasteiger partial charge in [0.15, 0.2) is 5.65 Å². The minimum Gasteiger partial charge on any atom is -0.497 e. The number of likely N-dealkylation sites (tertiary alicyclic amines) is 1. The van der Waals surface area contributed by atoms with Crippen LogP contribution in [0.3, 0.4) is 0 Å². The second kappa shape index (κ2) is 7.11. The molecule has 1 amide bonds. The van der Waals surface area contributed by atoms with E-state index in [9.17, 15) is 4.79 Å². The molecule has 3 heterocycles. The maximum absolute atomic E-state index is 12.3. The zero-order chi connectivity index (χ0) is 18.1. The molecule has 0 unspecified atom stereocenters. The van der Waals surface area contributed by atoms with Gasteiger partial charge in [-0.25, -0.2) is 4.98 Å². The Morgan fingerprint density at radius 3 is 2.81 bits per heavy atom. The molecule has 1 saturated heterocycles. The number of hydrogen-bond acceptors (Lipinski definition) is 6. The zero-order valence-corrected chi connectivity index (χ0v) is 15.8. The van der Waals surface area contributed by atoms with Crippen molar-refractivity contribution in [3.63, 3.8) is 0 Å². The number of benzene rings is 1. The second-order valence-corrected chi connectivity index (χ2v) is 7.38. The van der Waals surface area contributed by atoms with Gasteiger partial charge in [0.2, 0.25) is 11.1 Å². The second-order valence-electron chi connectivity index (χ2n) is 6.44. The summed E-state index contributed by atoms with van der Waals surface area (Å²) >= 11 is 1.35. The summed E-state index contributed by atoms with van der Waals surface area (Å²) in [5.41, 5.74) is 2.53. The van der Waals surface area contributed by atoms with E-state index >= 15 is 0 Å². The van der Waals surface area contributed by atoms with Crippen LogP contribution in [-0.2, 0) is 11.8 Å². The normalized spacial score (nSPS) is 14.9. The predicted molar refractivity (Wildman–Crippen MR) is 102 cm³/mol. The summed E-state index contributed by atoms with van der Waals surface area (Å²) < 4.78 is 7.30. The first-order chi connectivity index (χ1) is 12.7. The van der Waals surface area contributed by atoms with Gasteiger partial charge < -0.3 is 14.2 Å². The lowest BCUT2D eigenvalue weighted by molar-refractivity contribution is -0.129. The molecule has 0 saturated carbocycles. The third-order valence-corrected chi connectivity index (χ3v) is 5.64. The van der Waals surface area contributed by atoms with E-state index in [4.69, 9.17) is 4.74 Å². The van der Waals surface area contributed by atoms with Crippen molar-refractivity contribution in [1.29, 1.82) is 0 Å². The first-order valence-electron chi connectivity index (χ1n) is 8.75. The van der Waals surface area contributed by atoms with Gasteiger partial charge >= 0.3 is 0 Å². The Bertz CT molecular complexity index is 965. The molecule has 2 aromatic heterocycles. The molecule has 1 fully saturated rings. The molecule has 0 aliphatic carbocycles. The summed E-state index contributed by atoms with van der Waals surface area (Å²) in [6, 6.07) is 5.85. The lowest BCUT2D eigenvalue weighted by Gasteiger charge is -2.26. The Morgan fingerprint density at radius 2 is 2.04 bits per heavy atom. The van der Waals surface area contributed by atoms with E-state index in [1.54, 1.807) is 7.11 Å². The molecule has 1 aliphatic heterocycles. The standard InChI is InChI=1S/C18H21N5O2S/c1-22-14-7-6-12(25-2)10-13(14)16-17(22)19-18(21-20-16)26-11-15(24)23-8-4-3-5-9-23/h6-7,10H,3-5,8-9,11H2,1-2H3. The first-order valence-corrected chi connectivity index (χ1v) is 9.73. The molecule has 26 heavy (non-hydrogen) atoms. The number of aromatic nitrogens is 4. The van der Waals surface area contributed by atoms with Crippen molar-refractivity contribution in [3.05, 3.63) is 18.2 Å². The van der Waals surface area contributed by atoms with Crippen LogP contribution in [0.4, 0.5) is 0 Å². The van der Waals surface area contributed by atoms with Crippen LogP contribution >= 0.6 is 11.8 Å². The van der Waals surface area contributed by atoms with E-state index in [2.05, 4.69) is 15.2 Å². The van der Waals surface area contributed by atoms with Gasteiger partial charge in [0.05, 0.1) is 18.4 Å². The Kier molecular flexibility index (Phi) is 4.67. The van der Waals surface area contributed by atoms with E-state index in [0.29, 0.717) is 10.9 Å². The van der Waals surface area contributed by atoms with Crippen LogP contribution in [0, 0.1) is 0 Å². The highest BCUT2D eigenvalue weighted by molar-refractivity contribution is 7.99. The molecule has 0 N–H and O–H groups in total. The summed E-state index contributed by atoms with van der Waals surface area (Å²) in [6.45, 7) is 1.73. The van der Waals surface area contributed by atoms with E-state index < -0.39 is 0 Å². The molecule has 3 aromatic rings. The number of amides is 1. The van der Waals surface area contributed by atoms with Crippen LogP contribution in [0.2, 0.25) is 0 Å². The lowest BCUT2D eigenvalue weighted by atomic mass is 10.1. The Labute approximate surface area is 155 Å². The number of methoxy groups -OCH3 is 1. The summed E-state index contributed by atoms with van der Waals surface area (Å²) in [5, 5.41) is 10.1. The average Bonchev–Trinajstić information content (AvgIpc) is 2.98. The van der Waals surface area contributed by atoms with Crippen LogP contribution < -0.4 is 4.74 Å². The van der Waals surface area contributed by atoms with Crippen molar-refractivity contribution in [1.82, 2.24) is 24.6 Å². The number of thioether (sulfide) groups is 1. The number of aryl methyl sites for hydroxylation is 1. The van der Waals surface area contributed by atoms with Gasteiger partial charge in [-0.3, -0.25) is 4.79 Å². The molecule has 0 spiro atoms. The fraction of sp³-hybridized carbons (Fsp3) is 0.444. The van der Waals surface area contributed by atoms with Gasteiger partial charge in [0, 0.05) is 25.5 Å². The van der Waals surface area contributed by atoms with Crippen LogP contribution in [0.5, 0.6) is 5.75 Å². The van der Waals surface area contributed by atoms with Gasteiger partial charge in [-0.05, 0) is 37.5 Å². The number of ether oxygens (including phenoxy) is 1. The highest BCUT2D eigenvalue weighted by Crippen LogP contribution is 2.29. The van der Waals surface area contributed by atoms with Crippen LogP contribution in [-0.4, -0.2) is 56.5 Å². The van der Waals surface area contributed by atoms with Crippen LogP contribution in [0.25, 0.3) is 22.1 Å². The number of piperidine rings is 1. The smallest absolute Gasteiger partial charge is 0.233 e. The van der Waals surface area contributed by atoms with Crippen molar-refractivity contribution in [2.45, 2.75) is 24.4 Å². The van der Waals surface area contributed by atoms with Crippen molar-refractivity contribution < 1.29 is 9.53 Å². The molecule has 0 radical (unpaired) electrons. The van der Waals surface area contributed by atoms with E-state index in [1.807, 2.05) is 34.7 Å². The number of carbonyl (C=O) groups excluding carboxylic acids is 1. The highest BCUT2D eigenvalue weighted by atomic mass is 32.2. The molecule has 136 valence electrons. The molecule has 8 heteroatoms. The van der Waals surface area contributed by atoms with Crippen molar-refractivity contribution in [2.24, 2.45) is 7.05 Å². The van der Waals surface area contributed by atoms with Crippen molar-refractivity contribution in [2.75, 3.05) is 26.0 Å². The minimum absolute atomic E-state index is 0.153. The monoisotopic (exact) mass is 371 g/mol. The molecule has 1 aromatic carbocycles. The Balaban J connectivity index is 1.58. The molecule has 0 bridgehead atoms. The van der Waals surface area contributed by atoms with Gasteiger partial charge in [0.1, 0.15) is 11.3 Å². The van der Waals surface area contributed by atoms with Crippen molar-refractivity contribution >= 4 is 39.7 Å². The van der Waals surface area contributed by atoms with Gasteiger partial charge in [-0.1, -0.05) is 11.8 Å². The Morgan fingerprint density at radius 1 is 1.23 bits per heavy atom. The third-order valence-electron chi connectivity index (χ3n) is 4.82. The number of fused-ring (bicyclic) bond motifs is 3. The highest BCUT2D eigenvalue weighted by Gasteiger charge is 2.18. The quantitative estimate of drug-likeness (QED) is 0.657. The summed E-state index contributed by atoms with van der Waals surface area (Å²) in [6.07, 6.45) is 3.41. The maximum atomic E-state index is 12.3. The van der Waals surface area contributed by atoms with E-state index in [0.717, 1.165) is 53.7 Å². The van der Waals surface area contributed by atoms with Gasteiger partial charge in [0.25, 0.3) is 0 Å². The van der Waals surface area contributed by atoms with Crippen LogP contribution in [0.1, 0.15) is 19.3 Å². The average molecular weight is 371 g/mol. The minimum atomic E-state index is 0.153. The van der Waals surface area contributed by atoms with E-state index in [1.165, 1.54) is 18.2 Å². The Hall–Kier alpha value is -2.35. The molecule has 0 atom stereocenters. The zero-order valence-electron chi connectivity index (χ0n) is 14.9. The van der Waals surface area contributed by atoms with Crippen LogP contribution in [0.15, 0.2) is 23.4 Å². The number of hydrogen-bond donors (Lipinski definition) is 0. The first kappa shape index (κ1) is 17.1. The number of carbonyl (C=O) groups is 1. The van der Waals surface area contributed by atoms with Gasteiger partial charge in [-0.15, -0.1) is 10.2 Å². The van der Waals surface area contributed by atoms with E-state index in [-0.39, 0.29) is 5.91 Å². The lowest BCUT2D eigenvalue weighted by Crippen LogP contribution is -2.36.